The molecule has 1 atom stereocenters. The molecule has 0 N–H and O–H groups in total. The minimum absolute atomic E-state index is 0.0284. The molecule has 0 aromatic carbocycles. The Morgan fingerprint density at radius 2 is 2.06 bits per heavy atom. The number of aromatic nitrogens is 3. The van der Waals surface area contributed by atoms with Crippen LogP contribution in [0.4, 0.5) is 10.7 Å². The zero-order valence-electron chi connectivity index (χ0n) is 19.1. The lowest BCUT2D eigenvalue weighted by Gasteiger charge is -2.46. The lowest BCUT2D eigenvalue weighted by Crippen LogP contribution is -2.60. The van der Waals surface area contributed by atoms with E-state index in [1.54, 1.807) is 29.6 Å². The number of amides is 1. The molecule has 2 aliphatic heterocycles. The Hall–Kier alpha value is -3.45. The van der Waals surface area contributed by atoms with Gasteiger partial charge in [-0.15, -0.1) is 0 Å². The van der Waals surface area contributed by atoms with Gasteiger partial charge in [0.25, 0.3) is 0 Å². The number of anilines is 1. The maximum absolute atomic E-state index is 12.7. The fourth-order valence-corrected chi connectivity index (χ4v) is 3.82. The molecular formula is C23H28N6O4. The first-order chi connectivity index (χ1) is 15.9. The summed E-state index contributed by atoms with van der Waals surface area (Å²) in [6.07, 6.45) is 6.07. The van der Waals surface area contributed by atoms with Gasteiger partial charge in [-0.1, -0.05) is 13.8 Å². The number of carbonyl (C=O) groups excluding carboxylic acids is 1. The molecule has 0 aliphatic carbocycles. The summed E-state index contributed by atoms with van der Waals surface area (Å²) in [5, 5.41) is 9.16. The molecule has 4 heterocycles. The zero-order valence-corrected chi connectivity index (χ0v) is 19.1. The fourth-order valence-electron chi connectivity index (χ4n) is 3.82. The van der Waals surface area contributed by atoms with Crippen LogP contribution in [0.15, 0.2) is 30.9 Å². The summed E-state index contributed by atoms with van der Waals surface area (Å²) in [5.41, 5.74) is 0.714. The van der Waals surface area contributed by atoms with Crippen molar-refractivity contribution in [2.45, 2.75) is 39.0 Å². The van der Waals surface area contributed by atoms with Crippen molar-refractivity contribution in [3.63, 3.8) is 0 Å². The molecule has 2 aromatic rings. The van der Waals surface area contributed by atoms with Crippen LogP contribution in [-0.2, 0) is 16.1 Å². The Morgan fingerprint density at radius 1 is 1.30 bits per heavy atom. The summed E-state index contributed by atoms with van der Waals surface area (Å²) in [7, 11) is 0. The molecule has 174 valence electrons. The Labute approximate surface area is 193 Å². The van der Waals surface area contributed by atoms with Crippen LogP contribution in [0.1, 0.15) is 31.9 Å². The molecule has 2 fully saturated rings. The standard InChI is InChI=1S/C23H28N6O4/c1-16(2)23(14-31-15-23)33-22(30)28-6-7-29(17(3)12-28)21-26-10-20(11-27-21)32-13-18-4-5-25-9-19(18)8-24/h4-5,9-11,16-17H,6-7,12-15H2,1-3H3/t17-/m1/s1. The Bertz CT molecular complexity index is 1020. The minimum atomic E-state index is -0.513. The van der Waals surface area contributed by atoms with Crippen LogP contribution in [0.3, 0.4) is 0 Å². The van der Waals surface area contributed by atoms with Gasteiger partial charge < -0.3 is 24.0 Å². The van der Waals surface area contributed by atoms with E-state index in [9.17, 15) is 4.79 Å². The van der Waals surface area contributed by atoms with E-state index in [0.717, 1.165) is 5.56 Å². The predicted molar refractivity (Wildman–Crippen MR) is 119 cm³/mol. The second kappa shape index (κ2) is 9.58. The van der Waals surface area contributed by atoms with Gasteiger partial charge in [-0.25, -0.2) is 14.8 Å². The van der Waals surface area contributed by atoms with E-state index < -0.39 is 5.60 Å². The van der Waals surface area contributed by atoms with E-state index in [1.165, 1.54) is 6.20 Å². The van der Waals surface area contributed by atoms with Gasteiger partial charge in [0, 0.05) is 43.6 Å². The zero-order chi connectivity index (χ0) is 23.4. The van der Waals surface area contributed by atoms with E-state index in [0.29, 0.717) is 50.1 Å². The lowest BCUT2D eigenvalue weighted by molar-refractivity contribution is -0.204. The Kier molecular flexibility index (Phi) is 6.60. The number of hydrogen-bond acceptors (Lipinski definition) is 9. The van der Waals surface area contributed by atoms with Gasteiger partial charge in [0.05, 0.1) is 31.2 Å². The molecule has 0 unspecified atom stereocenters. The number of nitrogens with zero attached hydrogens (tertiary/aromatic N) is 6. The molecule has 33 heavy (non-hydrogen) atoms. The number of pyridine rings is 1. The highest BCUT2D eigenvalue weighted by molar-refractivity contribution is 5.69. The predicted octanol–water partition coefficient (Wildman–Crippen LogP) is 2.39. The van der Waals surface area contributed by atoms with Crippen molar-refractivity contribution in [3.8, 4) is 11.8 Å². The largest absolute Gasteiger partial charge is 0.486 e. The van der Waals surface area contributed by atoms with Crippen LogP contribution in [0.2, 0.25) is 0 Å². The number of hydrogen-bond donors (Lipinski definition) is 0. The molecule has 0 spiro atoms. The van der Waals surface area contributed by atoms with Crippen LogP contribution < -0.4 is 9.64 Å². The number of carbonyl (C=O) groups is 1. The highest BCUT2D eigenvalue weighted by Gasteiger charge is 2.46. The second-order valence-corrected chi connectivity index (χ2v) is 8.72. The van der Waals surface area contributed by atoms with Crippen LogP contribution in [0.25, 0.3) is 0 Å². The second-order valence-electron chi connectivity index (χ2n) is 8.72. The lowest BCUT2D eigenvalue weighted by atomic mass is 9.88. The quantitative estimate of drug-likeness (QED) is 0.652. The summed E-state index contributed by atoms with van der Waals surface area (Å²) < 4.78 is 16.9. The molecule has 2 aromatic heterocycles. The van der Waals surface area contributed by atoms with Gasteiger partial charge in [0.2, 0.25) is 5.95 Å². The Morgan fingerprint density at radius 3 is 2.67 bits per heavy atom. The van der Waals surface area contributed by atoms with E-state index in [4.69, 9.17) is 19.5 Å². The van der Waals surface area contributed by atoms with Crippen molar-refractivity contribution in [3.05, 3.63) is 42.0 Å². The first-order valence-corrected chi connectivity index (χ1v) is 11.0. The highest BCUT2D eigenvalue weighted by atomic mass is 16.6. The molecule has 0 bridgehead atoms. The number of ether oxygens (including phenoxy) is 3. The van der Waals surface area contributed by atoms with Crippen molar-refractivity contribution in [2.24, 2.45) is 5.92 Å². The van der Waals surface area contributed by atoms with Crippen molar-refractivity contribution >= 4 is 12.0 Å². The molecule has 2 aliphatic rings. The van der Waals surface area contributed by atoms with Crippen molar-refractivity contribution in [1.82, 2.24) is 19.9 Å². The van der Waals surface area contributed by atoms with Gasteiger partial charge in [-0.3, -0.25) is 4.98 Å². The molecule has 1 amide bonds. The van der Waals surface area contributed by atoms with Gasteiger partial charge in [0.15, 0.2) is 11.4 Å². The topological polar surface area (TPSA) is 114 Å². The summed E-state index contributed by atoms with van der Waals surface area (Å²) in [6.45, 7) is 8.90. The molecule has 10 heteroatoms. The summed E-state index contributed by atoms with van der Waals surface area (Å²) in [4.78, 5) is 29.4. The highest BCUT2D eigenvalue weighted by Crippen LogP contribution is 2.31. The summed E-state index contributed by atoms with van der Waals surface area (Å²) in [5.74, 6) is 1.29. The molecular weight excluding hydrogens is 424 g/mol. The third-order valence-corrected chi connectivity index (χ3v) is 6.22. The van der Waals surface area contributed by atoms with Gasteiger partial charge in [-0.05, 0) is 18.9 Å². The van der Waals surface area contributed by atoms with Crippen molar-refractivity contribution in [1.29, 1.82) is 5.26 Å². The third kappa shape index (κ3) is 4.83. The maximum Gasteiger partial charge on any atom is 0.410 e. The summed E-state index contributed by atoms with van der Waals surface area (Å²) in [6, 6.07) is 3.88. The van der Waals surface area contributed by atoms with Crippen LogP contribution in [-0.4, -0.2) is 70.4 Å². The van der Waals surface area contributed by atoms with Gasteiger partial charge in [0.1, 0.15) is 12.7 Å². The first-order valence-electron chi connectivity index (χ1n) is 11.0. The van der Waals surface area contributed by atoms with Gasteiger partial charge in [-0.2, -0.15) is 5.26 Å². The van der Waals surface area contributed by atoms with E-state index in [-0.39, 0.29) is 24.7 Å². The molecule has 4 rings (SSSR count). The van der Waals surface area contributed by atoms with E-state index in [2.05, 4.69) is 25.9 Å². The SMILES string of the molecule is CC(C)C1(OC(=O)N2CCN(c3ncc(OCc4ccncc4C#N)cn3)[C@H](C)C2)COC1. The third-order valence-electron chi connectivity index (χ3n) is 6.22. The van der Waals surface area contributed by atoms with Crippen LogP contribution >= 0.6 is 0 Å². The van der Waals surface area contributed by atoms with E-state index in [1.807, 2.05) is 20.8 Å². The molecule has 10 nitrogen and oxygen atoms in total. The smallest absolute Gasteiger partial charge is 0.410 e. The average molecular weight is 453 g/mol. The number of rotatable bonds is 6. The fraction of sp³-hybridized carbons (Fsp3) is 0.522. The Balaban J connectivity index is 1.32. The minimum Gasteiger partial charge on any atom is -0.486 e. The van der Waals surface area contributed by atoms with Crippen LogP contribution in [0.5, 0.6) is 5.75 Å². The van der Waals surface area contributed by atoms with Crippen molar-refractivity contribution < 1.29 is 19.0 Å². The number of piperazine rings is 1. The maximum atomic E-state index is 12.7. The van der Waals surface area contributed by atoms with E-state index >= 15 is 0 Å². The average Bonchev–Trinajstić information content (AvgIpc) is 2.80. The first kappa shape index (κ1) is 22.7. The number of nitriles is 1. The normalized spacial score (nSPS) is 19.5. The summed E-state index contributed by atoms with van der Waals surface area (Å²) >= 11 is 0. The van der Waals surface area contributed by atoms with Gasteiger partial charge >= 0.3 is 6.09 Å². The molecule has 2 saturated heterocycles. The monoisotopic (exact) mass is 452 g/mol. The van der Waals surface area contributed by atoms with Crippen LogP contribution in [0, 0.1) is 17.2 Å². The van der Waals surface area contributed by atoms with Crippen molar-refractivity contribution in [2.75, 3.05) is 37.7 Å². The molecule has 0 saturated carbocycles. The molecule has 0 radical (unpaired) electrons.